The van der Waals surface area contributed by atoms with E-state index in [1.54, 1.807) is 47.4 Å². The number of piperazine rings is 1. The van der Waals surface area contributed by atoms with Gasteiger partial charge in [-0.15, -0.1) is 11.3 Å². The fraction of sp³-hybridized carbons (Fsp3) is 0.200. The summed E-state index contributed by atoms with van der Waals surface area (Å²) in [6.45, 7) is 6.99. The summed E-state index contributed by atoms with van der Waals surface area (Å²) in [7, 11) is -4.06. The third-order valence-electron chi connectivity index (χ3n) is 9.02. The van der Waals surface area contributed by atoms with Gasteiger partial charge in [0.2, 0.25) is 0 Å². The van der Waals surface area contributed by atoms with Gasteiger partial charge in [0.25, 0.3) is 15.9 Å². The summed E-state index contributed by atoms with van der Waals surface area (Å²) in [5.41, 5.74) is 7.75. The molecule has 11 heteroatoms. The number of hydrogen-bond acceptors (Lipinski definition) is 9. The number of carbonyl (C=O) groups excluding carboxylic acids is 1. The first-order valence-corrected chi connectivity index (χ1v) is 20.2. The predicted molar refractivity (Wildman–Crippen MR) is 210 cm³/mol. The molecule has 2 heterocycles. The summed E-state index contributed by atoms with van der Waals surface area (Å²) >= 11 is 3.37. The maximum atomic E-state index is 13.2. The number of fused-ring (bicyclic) bond motifs is 1. The number of carbonyl (C=O) groups is 1. The van der Waals surface area contributed by atoms with Gasteiger partial charge in [0.15, 0.2) is 4.34 Å². The number of thioether (sulfide) groups is 1. The molecule has 1 aromatic heterocycles. The fourth-order valence-corrected chi connectivity index (χ4v) is 9.32. The number of aryl methyl sites for hydroxylation is 1. The van der Waals surface area contributed by atoms with E-state index in [4.69, 9.17) is 0 Å². The predicted octanol–water partition coefficient (Wildman–Crippen LogP) is 7.92. The summed E-state index contributed by atoms with van der Waals surface area (Å²) in [4.78, 5) is 22.5. The van der Waals surface area contributed by atoms with Crippen LogP contribution in [0.25, 0.3) is 21.3 Å². The topological polar surface area (TPSA) is 94.6 Å². The van der Waals surface area contributed by atoms with Gasteiger partial charge in [-0.25, -0.2) is 18.1 Å². The molecule has 0 saturated carbocycles. The molecule has 0 aliphatic carbocycles. The molecule has 1 aliphatic rings. The van der Waals surface area contributed by atoms with Gasteiger partial charge >= 0.3 is 0 Å². The van der Waals surface area contributed by atoms with E-state index < -0.39 is 15.9 Å². The molecule has 7 rings (SSSR count). The molecule has 260 valence electrons. The lowest BCUT2D eigenvalue weighted by Crippen LogP contribution is -2.46. The minimum absolute atomic E-state index is 0.0450. The number of nitrogens with one attached hydrogen (secondary N) is 2. The summed E-state index contributed by atoms with van der Waals surface area (Å²) in [6.07, 6.45) is 0. The van der Waals surface area contributed by atoms with Crippen LogP contribution in [0, 0.1) is 6.92 Å². The summed E-state index contributed by atoms with van der Waals surface area (Å²) in [5.74, 6) is 0.157. The monoisotopic (exact) mass is 733 g/mol. The number of amides is 1. The van der Waals surface area contributed by atoms with Crippen molar-refractivity contribution in [2.45, 2.75) is 22.7 Å². The smallest absolute Gasteiger partial charge is 0.264 e. The Kier molecular flexibility index (Phi) is 10.7. The molecule has 1 fully saturated rings. The molecular formula is C40H39N5O3S3. The molecule has 6 aromatic rings. The number of para-hydroxylation sites is 1. The molecule has 0 atom stereocenters. The van der Waals surface area contributed by atoms with Gasteiger partial charge in [-0.2, -0.15) is 0 Å². The Morgan fingerprint density at radius 2 is 1.57 bits per heavy atom. The highest BCUT2D eigenvalue weighted by Gasteiger charge is 2.22. The second-order valence-electron chi connectivity index (χ2n) is 12.5. The van der Waals surface area contributed by atoms with Crippen LogP contribution in [0.5, 0.6) is 0 Å². The largest absolute Gasteiger partial charge is 0.384 e. The van der Waals surface area contributed by atoms with E-state index in [0.29, 0.717) is 12.1 Å². The lowest BCUT2D eigenvalue weighted by atomic mass is 9.99. The third kappa shape index (κ3) is 8.45. The Bertz CT molecular complexity index is 2200. The van der Waals surface area contributed by atoms with Crippen molar-refractivity contribution in [3.8, 4) is 11.1 Å². The van der Waals surface area contributed by atoms with E-state index in [-0.39, 0.29) is 4.90 Å². The van der Waals surface area contributed by atoms with Crippen molar-refractivity contribution in [2.75, 3.05) is 48.7 Å². The van der Waals surface area contributed by atoms with Crippen LogP contribution in [-0.2, 0) is 16.6 Å². The average molecular weight is 734 g/mol. The summed E-state index contributed by atoms with van der Waals surface area (Å²) < 4.78 is 30.8. The van der Waals surface area contributed by atoms with Gasteiger partial charge in [-0.05, 0) is 83.8 Å². The molecule has 0 unspecified atom stereocenters. The van der Waals surface area contributed by atoms with Crippen LogP contribution in [-0.4, -0.2) is 62.7 Å². The first kappa shape index (κ1) is 34.8. The second-order valence-corrected chi connectivity index (χ2v) is 16.5. The normalized spacial score (nSPS) is 13.7. The zero-order chi connectivity index (χ0) is 35.2. The fourth-order valence-electron chi connectivity index (χ4n) is 6.26. The Balaban J connectivity index is 0.893. The zero-order valence-corrected chi connectivity index (χ0v) is 30.7. The number of sulfonamides is 1. The van der Waals surface area contributed by atoms with E-state index in [2.05, 4.69) is 79.4 Å². The van der Waals surface area contributed by atoms with Gasteiger partial charge in [-0.1, -0.05) is 78.5 Å². The molecule has 1 saturated heterocycles. The van der Waals surface area contributed by atoms with Gasteiger partial charge in [0.1, 0.15) is 0 Å². The SMILES string of the molecule is Cc1cc(S(=O)(=O)NC(=O)c2ccc(N3CCN(Cc4ccccc4-c4ccccc4)CC3)cc2)ccc1NCCSc1nc2ccccc2s1. The van der Waals surface area contributed by atoms with Crippen LogP contribution < -0.4 is 14.9 Å². The highest BCUT2D eigenvalue weighted by molar-refractivity contribution is 8.01. The summed E-state index contributed by atoms with van der Waals surface area (Å²) in [5, 5.41) is 3.38. The molecular weight excluding hydrogens is 695 g/mol. The first-order chi connectivity index (χ1) is 24.8. The van der Waals surface area contributed by atoms with E-state index in [9.17, 15) is 13.2 Å². The highest BCUT2D eigenvalue weighted by Crippen LogP contribution is 2.30. The van der Waals surface area contributed by atoms with E-state index in [1.807, 2.05) is 43.3 Å². The Morgan fingerprint density at radius 3 is 2.33 bits per heavy atom. The molecule has 1 aliphatic heterocycles. The van der Waals surface area contributed by atoms with Crippen LogP contribution in [0.1, 0.15) is 21.5 Å². The van der Waals surface area contributed by atoms with Crippen molar-refractivity contribution in [2.24, 2.45) is 0 Å². The molecule has 2 N–H and O–H groups in total. The van der Waals surface area contributed by atoms with Crippen LogP contribution in [0.15, 0.2) is 131 Å². The van der Waals surface area contributed by atoms with Gasteiger partial charge in [-0.3, -0.25) is 9.69 Å². The standard InChI is InChI=1S/C40H39N5O3S3/c1-29-27-34(19-20-36(29)41-21-26-49-40-42-37-13-7-8-14-38(37)50-40)51(47,48)43-39(46)31-15-17-33(18-16-31)45-24-22-44(23-25-45)28-32-11-5-6-12-35(32)30-9-3-2-4-10-30/h2-20,27,41H,21-26,28H2,1H3,(H,43,46). The average Bonchev–Trinajstić information content (AvgIpc) is 3.58. The van der Waals surface area contributed by atoms with Crippen molar-refractivity contribution in [1.29, 1.82) is 0 Å². The lowest BCUT2D eigenvalue weighted by Gasteiger charge is -2.36. The maximum absolute atomic E-state index is 13.2. The molecule has 1 amide bonds. The number of nitrogens with zero attached hydrogens (tertiary/aromatic N) is 3. The molecule has 51 heavy (non-hydrogen) atoms. The Morgan fingerprint density at radius 1 is 0.843 bits per heavy atom. The number of rotatable bonds is 12. The molecule has 0 radical (unpaired) electrons. The zero-order valence-electron chi connectivity index (χ0n) is 28.3. The van der Waals surface area contributed by atoms with Crippen LogP contribution in [0.2, 0.25) is 0 Å². The van der Waals surface area contributed by atoms with Crippen LogP contribution in [0.3, 0.4) is 0 Å². The van der Waals surface area contributed by atoms with Crippen molar-refractivity contribution in [3.05, 3.63) is 138 Å². The van der Waals surface area contributed by atoms with Gasteiger partial charge < -0.3 is 10.2 Å². The number of benzene rings is 5. The minimum Gasteiger partial charge on any atom is -0.384 e. The van der Waals surface area contributed by atoms with Crippen molar-refractivity contribution in [3.63, 3.8) is 0 Å². The van der Waals surface area contributed by atoms with Crippen LogP contribution >= 0.6 is 23.1 Å². The number of thiazole rings is 1. The van der Waals surface area contributed by atoms with Crippen molar-refractivity contribution < 1.29 is 13.2 Å². The third-order valence-corrected chi connectivity index (χ3v) is 12.5. The quantitative estimate of drug-likeness (QED) is 0.0969. The van der Waals surface area contributed by atoms with Gasteiger partial charge in [0.05, 0.1) is 15.1 Å². The number of hydrogen-bond donors (Lipinski definition) is 2. The molecule has 0 spiro atoms. The molecule has 5 aromatic carbocycles. The van der Waals surface area contributed by atoms with E-state index >= 15 is 0 Å². The maximum Gasteiger partial charge on any atom is 0.264 e. The number of anilines is 2. The lowest BCUT2D eigenvalue weighted by molar-refractivity contribution is 0.0981. The number of aromatic nitrogens is 1. The van der Waals surface area contributed by atoms with E-state index in [1.165, 1.54) is 27.5 Å². The first-order valence-electron chi connectivity index (χ1n) is 16.9. The van der Waals surface area contributed by atoms with E-state index in [0.717, 1.165) is 65.3 Å². The minimum atomic E-state index is -4.06. The van der Waals surface area contributed by atoms with Crippen LogP contribution in [0.4, 0.5) is 11.4 Å². The van der Waals surface area contributed by atoms with Crippen molar-refractivity contribution >= 4 is 60.6 Å². The summed E-state index contributed by atoms with van der Waals surface area (Å²) in [6, 6.07) is 39.2. The van der Waals surface area contributed by atoms with Crippen molar-refractivity contribution in [1.82, 2.24) is 14.6 Å². The Labute approximate surface area is 307 Å². The highest BCUT2D eigenvalue weighted by atomic mass is 32.2. The van der Waals surface area contributed by atoms with Gasteiger partial charge in [0, 0.05) is 62.0 Å². The Hall–Kier alpha value is -4.68. The second kappa shape index (κ2) is 15.7. The molecule has 8 nitrogen and oxygen atoms in total. The molecule has 0 bridgehead atoms.